The van der Waals surface area contributed by atoms with Gasteiger partial charge in [-0.2, -0.15) is 0 Å². The minimum atomic E-state index is -1.15. The molecule has 0 N–H and O–H groups in total. The second kappa shape index (κ2) is 7.27. The molecule has 0 aliphatic carbocycles. The Bertz CT molecular complexity index is 904. The highest BCUT2D eigenvalue weighted by Gasteiger charge is 2.53. The predicted octanol–water partition coefficient (Wildman–Crippen LogP) is 4.15. The Morgan fingerprint density at radius 1 is 1.11 bits per heavy atom. The molecule has 2 aromatic rings. The third-order valence-corrected chi connectivity index (χ3v) is 5.43. The van der Waals surface area contributed by atoms with E-state index in [-0.39, 0.29) is 5.78 Å². The van der Waals surface area contributed by atoms with Gasteiger partial charge in [-0.3, -0.25) is 14.4 Å². The first-order valence-electron chi connectivity index (χ1n) is 8.46. The van der Waals surface area contributed by atoms with Crippen LogP contribution in [0, 0.1) is 11.3 Å². The molecule has 0 bridgehead atoms. The van der Waals surface area contributed by atoms with Crippen LogP contribution in [0.15, 0.2) is 53.0 Å². The first kappa shape index (κ1) is 19.3. The molecule has 5 nitrogen and oxygen atoms in total. The molecule has 0 saturated heterocycles. The van der Waals surface area contributed by atoms with Crippen LogP contribution in [0.3, 0.4) is 0 Å². The largest absolute Gasteiger partial charge is 0.469 e. The van der Waals surface area contributed by atoms with Crippen molar-refractivity contribution in [2.24, 2.45) is 11.3 Å². The number of hydrogen-bond acceptors (Lipinski definition) is 5. The van der Waals surface area contributed by atoms with E-state index in [2.05, 4.69) is 15.9 Å². The summed E-state index contributed by atoms with van der Waals surface area (Å²) in [6, 6.07) is 13.7. The van der Waals surface area contributed by atoms with E-state index in [1.54, 1.807) is 62.4 Å². The summed E-state index contributed by atoms with van der Waals surface area (Å²) in [4.78, 5) is 38.6. The molecule has 1 aliphatic rings. The van der Waals surface area contributed by atoms with E-state index in [4.69, 9.17) is 9.47 Å². The van der Waals surface area contributed by atoms with Gasteiger partial charge in [0.05, 0.1) is 12.5 Å². The van der Waals surface area contributed by atoms with Gasteiger partial charge >= 0.3 is 11.9 Å². The molecule has 0 aromatic heterocycles. The standard InChI is InChI=1S/C21H19BrO5/c1-21(2,20(25)26-3)17-14-11-13(22)9-10-15(14)27-19(24)16(17)18(23)12-7-5-4-6-8-12/h4-11,16-17H,1-3H3/t16-,17+/m0/s1. The summed E-state index contributed by atoms with van der Waals surface area (Å²) in [7, 11) is 1.29. The summed E-state index contributed by atoms with van der Waals surface area (Å²) < 4.78 is 11.2. The van der Waals surface area contributed by atoms with Crippen molar-refractivity contribution in [2.45, 2.75) is 19.8 Å². The number of rotatable bonds is 4. The lowest BCUT2D eigenvalue weighted by Crippen LogP contribution is -2.46. The summed E-state index contributed by atoms with van der Waals surface area (Å²) in [5.41, 5.74) is -0.115. The number of carbonyl (C=O) groups is 3. The van der Waals surface area contributed by atoms with Gasteiger partial charge in [-0.25, -0.2) is 0 Å². The van der Waals surface area contributed by atoms with Crippen LogP contribution in [-0.4, -0.2) is 24.8 Å². The molecule has 0 spiro atoms. The Balaban J connectivity index is 2.20. The zero-order valence-corrected chi connectivity index (χ0v) is 16.8. The Labute approximate surface area is 165 Å². The number of ketones is 1. The molecule has 0 amide bonds. The second-order valence-corrected chi connectivity index (χ2v) is 7.92. The van der Waals surface area contributed by atoms with Crippen molar-refractivity contribution in [1.82, 2.24) is 0 Å². The second-order valence-electron chi connectivity index (χ2n) is 7.00. The average molecular weight is 431 g/mol. The molecule has 2 aromatic carbocycles. The SMILES string of the molecule is COC(=O)C(C)(C)[C@@H]1c2cc(Br)ccc2OC(=O)[C@@H]1C(=O)c1ccccc1. The highest BCUT2D eigenvalue weighted by Crippen LogP contribution is 2.50. The van der Waals surface area contributed by atoms with Crippen molar-refractivity contribution in [3.05, 3.63) is 64.1 Å². The number of benzene rings is 2. The number of carbonyl (C=O) groups excluding carboxylic acids is 3. The number of methoxy groups -OCH3 is 1. The Hall–Kier alpha value is -2.47. The van der Waals surface area contributed by atoms with Crippen molar-refractivity contribution < 1.29 is 23.9 Å². The third-order valence-electron chi connectivity index (χ3n) is 4.93. The molecule has 1 aliphatic heterocycles. The smallest absolute Gasteiger partial charge is 0.322 e. The van der Waals surface area contributed by atoms with Crippen molar-refractivity contribution in [3.8, 4) is 5.75 Å². The molecule has 140 valence electrons. The lowest BCUT2D eigenvalue weighted by molar-refractivity contribution is -0.154. The van der Waals surface area contributed by atoms with Gasteiger partial charge in [0.2, 0.25) is 0 Å². The molecule has 0 fully saturated rings. The van der Waals surface area contributed by atoms with Crippen LogP contribution in [-0.2, 0) is 14.3 Å². The van der Waals surface area contributed by atoms with Gasteiger partial charge in [0.15, 0.2) is 5.78 Å². The van der Waals surface area contributed by atoms with Gasteiger partial charge in [-0.15, -0.1) is 0 Å². The van der Waals surface area contributed by atoms with Gasteiger partial charge in [0.25, 0.3) is 0 Å². The van der Waals surface area contributed by atoms with Crippen LogP contribution in [0.1, 0.15) is 35.7 Å². The monoisotopic (exact) mass is 430 g/mol. The van der Waals surface area contributed by atoms with Crippen molar-refractivity contribution in [2.75, 3.05) is 7.11 Å². The highest BCUT2D eigenvalue weighted by atomic mass is 79.9. The Morgan fingerprint density at radius 2 is 1.78 bits per heavy atom. The molecule has 0 radical (unpaired) electrons. The molecule has 0 saturated carbocycles. The zero-order chi connectivity index (χ0) is 19.8. The maximum Gasteiger partial charge on any atom is 0.322 e. The third kappa shape index (κ3) is 3.41. The topological polar surface area (TPSA) is 69.7 Å². The van der Waals surface area contributed by atoms with Crippen LogP contribution in [0.4, 0.5) is 0 Å². The number of esters is 2. The van der Waals surface area contributed by atoms with Gasteiger partial charge in [-0.1, -0.05) is 46.3 Å². The van der Waals surface area contributed by atoms with Crippen molar-refractivity contribution in [1.29, 1.82) is 0 Å². The summed E-state index contributed by atoms with van der Waals surface area (Å²) in [6.45, 7) is 3.36. The van der Waals surface area contributed by atoms with E-state index in [9.17, 15) is 14.4 Å². The van der Waals surface area contributed by atoms with Gasteiger partial charge in [-0.05, 0) is 32.0 Å². The quantitative estimate of drug-likeness (QED) is 0.315. The Morgan fingerprint density at radius 3 is 2.41 bits per heavy atom. The summed E-state index contributed by atoms with van der Waals surface area (Å²) >= 11 is 3.41. The molecule has 1 heterocycles. The van der Waals surface area contributed by atoms with E-state index >= 15 is 0 Å². The van der Waals surface area contributed by atoms with Crippen molar-refractivity contribution >= 4 is 33.7 Å². The summed E-state index contributed by atoms with van der Waals surface area (Å²) in [5.74, 6) is -3.08. The number of halogens is 1. The number of Topliss-reactive ketones (excluding diaryl/α,β-unsaturated/α-hetero) is 1. The summed E-state index contributed by atoms with van der Waals surface area (Å²) in [5, 5.41) is 0. The van der Waals surface area contributed by atoms with Gasteiger partial charge in [0.1, 0.15) is 11.7 Å². The van der Waals surface area contributed by atoms with Crippen LogP contribution < -0.4 is 4.74 Å². The predicted molar refractivity (Wildman–Crippen MR) is 103 cm³/mol. The van der Waals surface area contributed by atoms with E-state index in [1.165, 1.54) is 7.11 Å². The lowest BCUT2D eigenvalue weighted by Gasteiger charge is -2.39. The minimum Gasteiger partial charge on any atom is -0.469 e. The Kier molecular flexibility index (Phi) is 5.20. The lowest BCUT2D eigenvalue weighted by atomic mass is 9.65. The molecule has 2 atom stereocenters. The number of hydrogen-bond donors (Lipinski definition) is 0. The van der Waals surface area contributed by atoms with Crippen molar-refractivity contribution in [3.63, 3.8) is 0 Å². The van der Waals surface area contributed by atoms with Crippen LogP contribution >= 0.6 is 15.9 Å². The number of ether oxygens (including phenoxy) is 2. The fourth-order valence-corrected chi connectivity index (χ4v) is 3.96. The van der Waals surface area contributed by atoms with Crippen LogP contribution in [0.2, 0.25) is 0 Å². The highest BCUT2D eigenvalue weighted by molar-refractivity contribution is 9.10. The number of fused-ring (bicyclic) bond motifs is 1. The first-order chi connectivity index (χ1) is 12.8. The minimum absolute atomic E-state index is 0.349. The maximum atomic E-state index is 13.2. The zero-order valence-electron chi connectivity index (χ0n) is 15.2. The first-order valence-corrected chi connectivity index (χ1v) is 9.25. The van der Waals surface area contributed by atoms with Crippen LogP contribution in [0.5, 0.6) is 5.75 Å². The van der Waals surface area contributed by atoms with Gasteiger partial charge in [0, 0.05) is 21.5 Å². The fraction of sp³-hybridized carbons (Fsp3) is 0.286. The van der Waals surface area contributed by atoms with E-state index in [0.717, 1.165) is 4.47 Å². The molecule has 6 heteroatoms. The van der Waals surface area contributed by atoms with E-state index in [0.29, 0.717) is 16.9 Å². The molecule has 27 heavy (non-hydrogen) atoms. The molecule has 0 unspecified atom stereocenters. The van der Waals surface area contributed by atoms with E-state index in [1.807, 2.05) is 0 Å². The van der Waals surface area contributed by atoms with E-state index < -0.39 is 29.2 Å². The normalized spacial score (nSPS) is 19.0. The van der Waals surface area contributed by atoms with Crippen LogP contribution in [0.25, 0.3) is 0 Å². The fourth-order valence-electron chi connectivity index (χ4n) is 3.58. The molecular formula is C21H19BrO5. The average Bonchev–Trinajstić information content (AvgIpc) is 2.66. The van der Waals surface area contributed by atoms with Gasteiger partial charge < -0.3 is 9.47 Å². The molecular weight excluding hydrogens is 412 g/mol. The molecule has 3 rings (SSSR count). The maximum absolute atomic E-state index is 13.2. The summed E-state index contributed by atoms with van der Waals surface area (Å²) in [6.07, 6.45) is 0.